The lowest BCUT2D eigenvalue weighted by molar-refractivity contribution is -0.126. The summed E-state index contributed by atoms with van der Waals surface area (Å²) in [5.74, 6) is -0.421. The normalized spacial score (nSPS) is 16.3. The molecule has 178 valence electrons. The fourth-order valence-electron chi connectivity index (χ4n) is 4.12. The molecule has 0 radical (unpaired) electrons. The highest BCUT2D eigenvalue weighted by Gasteiger charge is 2.29. The van der Waals surface area contributed by atoms with Gasteiger partial charge in [0.15, 0.2) is 0 Å². The lowest BCUT2D eigenvalue weighted by Gasteiger charge is -2.32. The van der Waals surface area contributed by atoms with E-state index in [1.54, 1.807) is 48.2 Å². The third-order valence-electron chi connectivity index (χ3n) is 5.89. The fourth-order valence-corrected chi connectivity index (χ4v) is 5.39. The molecule has 0 aromatic heterocycles. The third kappa shape index (κ3) is 6.35. The number of carbonyl (C=O) groups excluding carboxylic acids is 2. The number of nitrogens with zero attached hydrogens (tertiary/aromatic N) is 1. The van der Waals surface area contributed by atoms with Crippen LogP contribution in [0.3, 0.4) is 0 Å². The van der Waals surface area contributed by atoms with E-state index in [1.165, 1.54) is 0 Å². The molecular formula is C25H33N3O4S. The second-order valence-corrected chi connectivity index (χ2v) is 10.3. The van der Waals surface area contributed by atoms with Crippen LogP contribution in [0, 0.1) is 19.8 Å². The number of amides is 2. The first-order valence-electron chi connectivity index (χ1n) is 11.5. The van der Waals surface area contributed by atoms with Crippen molar-refractivity contribution in [2.75, 3.05) is 24.4 Å². The van der Waals surface area contributed by atoms with Crippen molar-refractivity contribution in [2.24, 2.45) is 5.92 Å². The van der Waals surface area contributed by atoms with Gasteiger partial charge in [-0.1, -0.05) is 37.1 Å². The van der Waals surface area contributed by atoms with Crippen molar-refractivity contribution in [1.82, 2.24) is 10.2 Å². The number of likely N-dealkylation sites (tertiary alicyclic amines) is 1. The largest absolute Gasteiger partial charge is 0.356 e. The first-order chi connectivity index (χ1) is 15.7. The van der Waals surface area contributed by atoms with Crippen molar-refractivity contribution in [1.29, 1.82) is 0 Å². The SMILES string of the molecule is CCCCNC(=O)C1CCCN(C(=O)c2cccc(NS(=O)(=O)c3ccc(C)cc3C)c2)C1. The van der Waals surface area contributed by atoms with Gasteiger partial charge in [0.1, 0.15) is 0 Å². The Morgan fingerprint density at radius 3 is 2.64 bits per heavy atom. The first kappa shape index (κ1) is 24.8. The summed E-state index contributed by atoms with van der Waals surface area (Å²) in [4.78, 5) is 27.5. The minimum absolute atomic E-state index is 0.00377. The summed E-state index contributed by atoms with van der Waals surface area (Å²) in [7, 11) is -3.79. The van der Waals surface area contributed by atoms with Crippen LogP contribution in [-0.4, -0.2) is 44.8 Å². The summed E-state index contributed by atoms with van der Waals surface area (Å²) in [6.45, 7) is 7.34. The number of anilines is 1. The van der Waals surface area contributed by atoms with Crippen molar-refractivity contribution >= 4 is 27.5 Å². The third-order valence-corrected chi connectivity index (χ3v) is 7.43. The Morgan fingerprint density at radius 2 is 1.91 bits per heavy atom. The van der Waals surface area contributed by atoms with Crippen molar-refractivity contribution in [2.45, 2.75) is 51.3 Å². The van der Waals surface area contributed by atoms with E-state index in [4.69, 9.17) is 0 Å². The van der Waals surface area contributed by atoms with Crippen LogP contribution in [0.25, 0.3) is 0 Å². The molecule has 2 amide bonds. The number of hydrogen-bond acceptors (Lipinski definition) is 4. The van der Waals surface area contributed by atoms with Crippen molar-refractivity contribution in [3.63, 3.8) is 0 Å². The molecule has 0 saturated carbocycles. The molecule has 1 aliphatic rings. The minimum atomic E-state index is -3.79. The average molecular weight is 472 g/mol. The zero-order valence-corrected chi connectivity index (χ0v) is 20.4. The second kappa shape index (κ2) is 10.8. The van der Waals surface area contributed by atoms with E-state index in [0.29, 0.717) is 36.4 Å². The smallest absolute Gasteiger partial charge is 0.262 e. The fraction of sp³-hybridized carbons (Fsp3) is 0.440. The molecule has 0 bridgehead atoms. The molecule has 1 atom stereocenters. The molecular weight excluding hydrogens is 438 g/mol. The van der Waals surface area contributed by atoms with Crippen LogP contribution in [0.2, 0.25) is 0 Å². The number of sulfonamides is 1. The number of aryl methyl sites for hydroxylation is 2. The van der Waals surface area contributed by atoms with Crippen molar-refractivity contribution < 1.29 is 18.0 Å². The average Bonchev–Trinajstić information content (AvgIpc) is 2.78. The lowest BCUT2D eigenvalue weighted by atomic mass is 9.96. The molecule has 2 N–H and O–H groups in total. The van der Waals surface area contributed by atoms with E-state index in [2.05, 4.69) is 17.0 Å². The van der Waals surface area contributed by atoms with Gasteiger partial charge in [-0.2, -0.15) is 0 Å². The topological polar surface area (TPSA) is 95.6 Å². The quantitative estimate of drug-likeness (QED) is 0.571. The number of carbonyl (C=O) groups is 2. The van der Waals surface area contributed by atoms with Crippen LogP contribution in [0.15, 0.2) is 47.4 Å². The molecule has 1 saturated heterocycles. The van der Waals surface area contributed by atoms with E-state index in [1.807, 2.05) is 13.0 Å². The maximum Gasteiger partial charge on any atom is 0.262 e. The summed E-state index contributed by atoms with van der Waals surface area (Å²) >= 11 is 0. The Hall–Kier alpha value is -2.87. The molecule has 2 aromatic rings. The number of piperidine rings is 1. The summed E-state index contributed by atoms with van der Waals surface area (Å²) in [5.41, 5.74) is 2.36. The number of unbranched alkanes of at least 4 members (excludes halogenated alkanes) is 1. The zero-order chi connectivity index (χ0) is 24.0. The summed E-state index contributed by atoms with van der Waals surface area (Å²) in [5, 5.41) is 2.96. The van der Waals surface area contributed by atoms with Gasteiger partial charge in [0.2, 0.25) is 5.91 Å². The Labute approximate surface area is 196 Å². The Kier molecular flexibility index (Phi) is 8.13. The Balaban J connectivity index is 1.71. The van der Waals surface area contributed by atoms with Crippen LogP contribution in [0.5, 0.6) is 0 Å². The maximum atomic E-state index is 13.1. The molecule has 0 spiro atoms. The number of rotatable bonds is 8. The first-order valence-corrected chi connectivity index (χ1v) is 13.0. The molecule has 33 heavy (non-hydrogen) atoms. The Bertz CT molecular complexity index is 1110. The molecule has 7 nitrogen and oxygen atoms in total. The summed E-state index contributed by atoms with van der Waals surface area (Å²) in [6, 6.07) is 11.7. The van der Waals surface area contributed by atoms with E-state index in [0.717, 1.165) is 31.2 Å². The van der Waals surface area contributed by atoms with Crippen LogP contribution < -0.4 is 10.0 Å². The van der Waals surface area contributed by atoms with Gasteiger partial charge in [-0.3, -0.25) is 14.3 Å². The standard InChI is InChI=1S/C25H33N3O4S/c1-4-5-13-26-24(29)21-9-7-14-28(17-21)25(30)20-8-6-10-22(16-20)27-33(31,32)23-12-11-18(2)15-19(23)3/h6,8,10-12,15-16,21,27H,4-5,7,9,13-14,17H2,1-3H3,(H,26,29). The predicted octanol–water partition coefficient (Wildman–Crippen LogP) is 3.87. The van der Waals surface area contributed by atoms with Gasteiger partial charge in [-0.25, -0.2) is 8.42 Å². The molecule has 1 heterocycles. The van der Waals surface area contributed by atoms with E-state index < -0.39 is 10.0 Å². The highest BCUT2D eigenvalue weighted by atomic mass is 32.2. The van der Waals surface area contributed by atoms with Gasteiger partial charge in [0, 0.05) is 30.9 Å². The van der Waals surface area contributed by atoms with E-state index >= 15 is 0 Å². The molecule has 3 rings (SSSR count). The van der Waals surface area contributed by atoms with E-state index in [9.17, 15) is 18.0 Å². The van der Waals surface area contributed by atoms with E-state index in [-0.39, 0.29) is 22.6 Å². The number of nitrogens with one attached hydrogen (secondary N) is 2. The van der Waals surface area contributed by atoms with Crippen molar-refractivity contribution in [3.8, 4) is 0 Å². The predicted molar refractivity (Wildman–Crippen MR) is 130 cm³/mol. The molecule has 1 aliphatic heterocycles. The molecule has 1 unspecified atom stereocenters. The van der Waals surface area contributed by atoms with Gasteiger partial charge in [-0.15, -0.1) is 0 Å². The second-order valence-electron chi connectivity index (χ2n) is 8.69. The monoisotopic (exact) mass is 471 g/mol. The summed E-state index contributed by atoms with van der Waals surface area (Å²) in [6.07, 6.45) is 3.47. The molecule has 0 aliphatic carbocycles. The maximum absolute atomic E-state index is 13.1. The van der Waals surface area contributed by atoms with Crippen LogP contribution >= 0.6 is 0 Å². The summed E-state index contributed by atoms with van der Waals surface area (Å²) < 4.78 is 28.4. The van der Waals surface area contributed by atoms with Gasteiger partial charge < -0.3 is 10.2 Å². The minimum Gasteiger partial charge on any atom is -0.356 e. The highest BCUT2D eigenvalue weighted by molar-refractivity contribution is 7.92. The zero-order valence-electron chi connectivity index (χ0n) is 19.6. The van der Waals surface area contributed by atoms with Crippen molar-refractivity contribution in [3.05, 3.63) is 59.2 Å². The molecule has 8 heteroatoms. The van der Waals surface area contributed by atoms with Crippen LogP contribution in [0.1, 0.15) is 54.1 Å². The van der Waals surface area contributed by atoms with Gasteiger partial charge >= 0.3 is 0 Å². The number of hydrogen-bond donors (Lipinski definition) is 2. The van der Waals surface area contributed by atoms with Gasteiger partial charge in [-0.05, 0) is 62.9 Å². The lowest BCUT2D eigenvalue weighted by Crippen LogP contribution is -2.45. The number of benzene rings is 2. The van der Waals surface area contributed by atoms with Crippen LogP contribution in [0.4, 0.5) is 5.69 Å². The van der Waals surface area contributed by atoms with Gasteiger partial charge in [0.25, 0.3) is 15.9 Å². The molecule has 1 fully saturated rings. The highest BCUT2D eigenvalue weighted by Crippen LogP contribution is 2.23. The van der Waals surface area contributed by atoms with Gasteiger partial charge in [0.05, 0.1) is 10.8 Å². The van der Waals surface area contributed by atoms with Crippen LogP contribution in [-0.2, 0) is 14.8 Å². The molecule has 2 aromatic carbocycles. The Morgan fingerprint density at radius 1 is 1.12 bits per heavy atom.